The van der Waals surface area contributed by atoms with Crippen LogP contribution in [0.5, 0.6) is 0 Å². The normalized spacial score (nSPS) is 12.3. The van der Waals surface area contributed by atoms with Crippen molar-refractivity contribution < 1.29 is 14.4 Å². The Balaban J connectivity index is 1.83. The zero-order valence-electron chi connectivity index (χ0n) is 11.3. The van der Waals surface area contributed by atoms with Crippen LogP contribution < -0.4 is 5.32 Å². The molecule has 2 N–H and O–H groups in total. The fourth-order valence-electron chi connectivity index (χ4n) is 2.03. The van der Waals surface area contributed by atoms with Crippen LogP contribution in [0.2, 0.25) is 0 Å². The Morgan fingerprint density at radius 2 is 2.40 bits per heavy atom. The van der Waals surface area contributed by atoms with Gasteiger partial charge < -0.3 is 14.9 Å². The summed E-state index contributed by atoms with van der Waals surface area (Å²) in [7, 11) is 0. The molecular weight excluding hydrogens is 276 g/mol. The average Bonchev–Trinajstić information content (AvgIpc) is 3.08. The first-order valence-electron chi connectivity index (χ1n) is 6.56. The summed E-state index contributed by atoms with van der Waals surface area (Å²) in [6.07, 6.45) is 1.50. The van der Waals surface area contributed by atoms with Gasteiger partial charge in [0.15, 0.2) is 5.69 Å². The van der Waals surface area contributed by atoms with Crippen LogP contribution in [0.3, 0.4) is 0 Å². The number of nitrogens with one attached hydrogen (secondary N) is 1. The molecule has 5 nitrogen and oxygen atoms in total. The minimum absolute atomic E-state index is 0.152. The molecule has 0 unspecified atom stereocenters. The summed E-state index contributed by atoms with van der Waals surface area (Å²) in [5, 5.41) is 17.6. The quantitative estimate of drug-likeness (QED) is 0.822. The number of rotatable bonds is 7. The zero-order valence-corrected chi connectivity index (χ0v) is 12.2. The van der Waals surface area contributed by atoms with Crippen LogP contribution in [0.1, 0.15) is 39.9 Å². The molecule has 2 rings (SSSR count). The number of aliphatic hydroxyl groups is 1. The van der Waals surface area contributed by atoms with Gasteiger partial charge in [-0.15, -0.1) is 11.3 Å². The van der Waals surface area contributed by atoms with Gasteiger partial charge in [0.2, 0.25) is 0 Å². The van der Waals surface area contributed by atoms with Crippen molar-refractivity contribution in [2.75, 3.05) is 13.2 Å². The predicted molar refractivity (Wildman–Crippen MR) is 77.0 cm³/mol. The summed E-state index contributed by atoms with van der Waals surface area (Å²) < 4.78 is 4.87. The van der Waals surface area contributed by atoms with Crippen LogP contribution in [0.15, 0.2) is 28.1 Å². The highest BCUT2D eigenvalue weighted by Gasteiger charge is 2.14. The maximum absolute atomic E-state index is 11.8. The molecule has 108 valence electrons. The lowest BCUT2D eigenvalue weighted by Crippen LogP contribution is -2.26. The third kappa shape index (κ3) is 3.91. The van der Waals surface area contributed by atoms with Crippen LogP contribution in [0, 0.1) is 6.92 Å². The molecular formula is C14H18N2O3S. The Labute approximate surface area is 121 Å². The number of carbonyl (C=O) groups is 1. The molecule has 0 aliphatic heterocycles. The second-order valence-electron chi connectivity index (χ2n) is 4.59. The van der Waals surface area contributed by atoms with Gasteiger partial charge in [-0.2, -0.15) is 0 Å². The Hall–Kier alpha value is -1.66. The Kier molecular flexibility index (Phi) is 5.31. The first-order chi connectivity index (χ1) is 9.70. The molecule has 2 aromatic heterocycles. The molecule has 0 radical (unpaired) electrons. The van der Waals surface area contributed by atoms with Crippen LogP contribution in [-0.2, 0) is 0 Å². The van der Waals surface area contributed by atoms with Crippen LogP contribution >= 0.6 is 11.3 Å². The second kappa shape index (κ2) is 7.21. The van der Waals surface area contributed by atoms with Gasteiger partial charge in [0.1, 0.15) is 5.76 Å². The molecule has 0 fully saturated rings. The van der Waals surface area contributed by atoms with Crippen LogP contribution in [0.4, 0.5) is 0 Å². The molecule has 20 heavy (non-hydrogen) atoms. The van der Waals surface area contributed by atoms with Gasteiger partial charge in [-0.05, 0) is 37.1 Å². The number of aryl methyl sites for hydroxylation is 1. The first-order valence-corrected chi connectivity index (χ1v) is 7.44. The summed E-state index contributed by atoms with van der Waals surface area (Å²) in [5.74, 6) is 0.669. The standard InChI is InChI=1S/C14H18N2O3S/c1-10-9-12(16-19-10)14(18)15-6-4-11(5-7-17)13-3-2-8-20-13/h2-3,8-9,11,17H,4-7H2,1H3,(H,15,18)/t11-/m0/s1. The van der Waals surface area contributed by atoms with Crippen LogP contribution in [-0.4, -0.2) is 29.3 Å². The monoisotopic (exact) mass is 294 g/mol. The smallest absolute Gasteiger partial charge is 0.273 e. The van der Waals surface area contributed by atoms with Crippen molar-refractivity contribution in [1.82, 2.24) is 10.5 Å². The summed E-state index contributed by atoms with van der Waals surface area (Å²) in [5.41, 5.74) is 0.303. The number of aliphatic hydroxyl groups excluding tert-OH is 1. The molecule has 0 saturated heterocycles. The number of hydrogen-bond donors (Lipinski definition) is 2. The van der Waals surface area contributed by atoms with E-state index in [1.807, 2.05) is 11.4 Å². The van der Waals surface area contributed by atoms with Crippen LogP contribution in [0.25, 0.3) is 0 Å². The van der Waals surface area contributed by atoms with Gasteiger partial charge in [-0.25, -0.2) is 0 Å². The molecule has 0 saturated carbocycles. The molecule has 0 aliphatic rings. The summed E-state index contributed by atoms with van der Waals surface area (Å²) >= 11 is 1.68. The van der Waals surface area contributed by atoms with Gasteiger partial charge in [0, 0.05) is 24.1 Å². The number of aromatic nitrogens is 1. The van der Waals surface area contributed by atoms with E-state index < -0.39 is 0 Å². The molecule has 2 heterocycles. The lowest BCUT2D eigenvalue weighted by atomic mass is 10.00. The van der Waals surface area contributed by atoms with Gasteiger partial charge in [-0.1, -0.05) is 11.2 Å². The van der Waals surface area contributed by atoms with E-state index in [9.17, 15) is 4.79 Å². The number of hydrogen-bond acceptors (Lipinski definition) is 5. The van der Waals surface area contributed by atoms with Gasteiger partial charge in [0.05, 0.1) is 0 Å². The van der Waals surface area contributed by atoms with Crippen molar-refractivity contribution in [2.24, 2.45) is 0 Å². The van der Waals surface area contributed by atoms with E-state index in [0.29, 0.717) is 24.4 Å². The predicted octanol–water partition coefficient (Wildman–Crippen LogP) is 2.33. The number of thiophene rings is 1. The van der Waals surface area contributed by atoms with Crippen molar-refractivity contribution in [2.45, 2.75) is 25.7 Å². The maximum Gasteiger partial charge on any atom is 0.273 e. The minimum atomic E-state index is -0.226. The largest absolute Gasteiger partial charge is 0.396 e. The van der Waals surface area contributed by atoms with E-state index in [-0.39, 0.29) is 18.4 Å². The van der Waals surface area contributed by atoms with Gasteiger partial charge in [0.25, 0.3) is 5.91 Å². The number of nitrogens with zero attached hydrogens (tertiary/aromatic N) is 1. The lowest BCUT2D eigenvalue weighted by molar-refractivity contribution is 0.0943. The molecule has 1 atom stereocenters. The second-order valence-corrected chi connectivity index (χ2v) is 5.57. The third-order valence-corrected chi connectivity index (χ3v) is 4.10. The van der Waals surface area contributed by atoms with Crippen molar-refractivity contribution in [3.63, 3.8) is 0 Å². The van der Waals surface area contributed by atoms with E-state index in [4.69, 9.17) is 9.63 Å². The van der Waals surface area contributed by atoms with Crippen molar-refractivity contribution in [3.8, 4) is 0 Å². The van der Waals surface area contributed by atoms with E-state index >= 15 is 0 Å². The molecule has 0 aromatic carbocycles. The van der Waals surface area contributed by atoms with Crippen molar-refractivity contribution in [1.29, 1.82) is 0 Å². The maximum atomic E-state index is 11.8. The van der Waals surface area contributed by atoms with E-state index in [0.717, 1.165) is 6.42 Å². The van der Waals surface area contributed by atoms with Crippen molar-refractivity contribution >= 4 is 17.2 Å². The fraction of sp³-hybridized carbons (Fsp3) is 0.429. The Morgan fingerprint density at radius 1 is 1.55 bits per heavy atom. The highest BCUT2D eigenvalue weighted by atomic mass is 32.1. The highest BCUT2D eigenvalue weighted by molar-refractivity contribution is 7.10. The number of carbonyl (C=O) groups excluding carboxylic acids is 1. The minimum Gasteiger partial charge on any atom is -0.396 e. The summed E-state index contributed by atoms with van der Waals surface area (Å²) in [4.78, 5) is 13.0. The average molecular weight is 294 g/mol. The van der Waals surface area contributed by atoms with E-state index in [2.05, 4.69) is 16.5 Å². The number of amides is 1. The molecule has 6 heteroatoms. The topological polar surface area (TPSA) is 75.4 Å². The molecule has 0 spiro atoms. The lowest BCUT2D eigenvalue weighted by Gasteiger charge is -2.14. The summed E-state index contributed by atoms with van der Waals surface area (Å²) in [6.45, 7) is 2.45. The zero-order chi connectivity index (χ0) is 14.4. The molecule has 0 aliphatic carbocycles. The Morgan fingerprint density at radius 3 is 3.00 bits per heavy atom. The first kappa shape index (κ1) is 14.7. The Bertz CT molecular complexity index is 536. The van der Waals surface area contributed by atoms with E-state index in [1.54, 1.807) is 24.3 Å². The van der Waals surface area contributed by atoms with Crippen molar-refractivity contribution in [3.05, 3.63) is 39.9 Å². The fourth-order valence-corrected chi connectivity index (χ4v) is 2.93. The summed E-state index contributed by atoms with van der Waals surface area (Å²) in [6, 6.07) is 5.68. The molecule has 2 aromatic rings. The third-order valence-electron chi connectivity index (χ3n) is 3.06. The highest BCUT2D eigenvalue weighted by Crippen LogP contribution is 2.26. The van der Waals surface area contributed by atoms with Gasteiger partial charge in [-0.3, -0.25) is 4.79 Å². The molecule has 1 amide bonds. The van der Waals surface area contributed by atoms with Gasteiger partial charge >= 0.3 is 0 Å². The van der Waals surface area contributed by atoms with E-state index in [1.165, 1.54) is 4.88 Å². The molecule has 0 bridgehead atoms. The SMILES string of the molecule is Cc1cc(C(=O)NCC[C@@H](CCO)c2cccs2)no1.